The third-order valence-electron chi connectivity index (χ3n) is 2.05. The smallest absolute Gasteiger partial charge is 0.132 e. The molecule has 2 N–H and O–H groups in total. The zero-order valence-corrected chi connectivity index (χ0v) is 10.4. The maximum Gasteiger partial charge on any atom is 0.132 e. The molecule has 0 heterocycles. The summed E-state index contributed by atoms with van der Waals surface area (Å²) in [5, 5.41) is 0. The molecule has 1 atom stereocenters. The lowest BCUT2D eigenvalue weighted by Gasteiger charge is -2.14. The molecule has 1 rings (SSSR count). The van der Waals surface area contributed by atoms with Crippen molar-refractivity contribution in [3.8, 4) is 5.75 Å². The highest BCUT2D eigenvalue weighted by Crippen LogP contribution is 2.25. The summed E-state index contributed by atoms with van der Waals surface area (Å²) in [6, 6.07) is 5.96. The van der Waals surface area contributed by atoms with Crippen LogP contribution >= 0.6 is 22.6 Å². The lowest BCUT2D eigenvalue weighted by atomic mass is 10.1. The maximum absolute atomic E-state index is 5.58. The summed E-state index contributed by atoms with van der Waals surface area (Å²) in [5.74, 6) is 0.860. The van der Waals surface area contributed by atoms with E-state index < -0.39 is 0 Å². The molecule has 0 saturated heterocycles. The van der Waals surface area contributed by atoms with Crippen molar-refractivity contribution in [2.24, 2.45) is 5.73 Å². The molecule has 0 spiro atoms. The van der Waals surface area contributed by atoms with Gasteiger partial charge in [-0.15, -0.1) is 0 Å². The quantitative estimate of drug-likeness (QED) is 0.865. The van der Waals surface area contributed by atoms with Gasteiger partial charge in [-0.1, -0.05) is 6.07 Å². The van der Waals surface area contributed by atoms with Crippen LogP contribution < -0.4 is 10.5 Å². The van der Waals surface area contributed by atoms with E-state index >= 15 is 0 Å². The Balaban J connectivity index is 2.98. The minimum Gasteiger partial charge on any atom is -0.496 e. The first kappa shape index (κ1) is 11.7. The summed E-state index contributed by atoms with van der Waals surface area (Å²) >= 11 is 2.23. The van der Waals surface area contributed by atoms with Crippen LogP contribution in [0.2, 0.25) is 0 Å². The summed E-state index contributed by atoms with van der Waals surface area (Å²) in [6.45, 7) is 0.472. The van der Waals surface area contributed by atoms with Gasteiger partial charge in [0.15, 0.2) is 0 Å². The van der Waals surface area contributed by atoms with Crippen molar-refractivity contribution >= 4 is 22.6 Å². The molecule has 0 radical (unpaired) electrons. The Morgan fingerprint density at radius 3 is 2.64 bits per heavy atom. The maximum atomic E-state index is 5.58. The number of halogens is 1. The van der Waals surface area contributed by atoms with Gasteiger partial charge in [0, 0.05) is 13.7 Å². The molecule has 14 heavy (non-hydrogen) atoms. The fourth-order valence-corrected chi connectivity index (χ4v) is 1.80. The number of rotatable bonds is 4. The van der Waals surface area contributed by atoms with Gasteiger partial charge in [0.1, 0.15) is 5.75 Å². The van der Waals surface area contributed by atoms with Crippen LogP contribution in [-0.4, -0.2) is 20.8 Å². The average molecular weight is 307 g/mol. The molecule has 4 heteroatoms. The number of benzene rings is 1. The van der Waals surface area contributed by atoms with E-state index in [1.54, 1.807) is 14.2 Å². The van der Waals surface area contributed by atoms with Crippen LogP contribution in [0, 0.1) is 3.57 Å². The molecular weight excluding hydrogens is 293 g/mol. The molecule has 78 valence electrons. The Kier molecular flexibility index (Phi) is 4.64. The lowest BCUT2D eigenvalue weighted by Crippen LogP contribution is -2.14. The van der Waals surface area contributed by atoms with Crippen molar-refractivity contribution in [3.05, 3.63) is 27.3 Å². The van der Waals surface area contributed by atoms with Crippen molar-refractivity contribution in [2.75, 3.05) is 20.8 Å². The topological polar surface area (TPSA) is 44.5 Å². The van der Waals surface area contributed by atoms with Crippen LogP contribution in [0.25, 0.3) is 0 Å². The second-order valence-corrected chi connectivity index (χ2v) is 4.02. The van der Waals surface area contributed by atoms with Gasteiger partial charge in [0.2, 0.25) is 0 Å². The fourth-order valence-electron chi connectivity index (χ4n) is 1.25. The molecule has 1 aromatic carbocycles. The third kappa shape index (κ3) is 2.59. The van der Waals surface area contributed by atoms with Crippen LogP contribution in [0.1, 0.15) is 11.7 Å². The van der Waals surface area contributed by atoms with E-state index in [1.807, 2.05) is 18.2 Å². The average Bonchev–Trinajstić information content (AvgIpc) is 2.22. The van der Waals surface area contributed by atoms with Crippen LogP contribution in [0.15, 0.2) is 18.2 Å². The monoisotopic (exact) mass is 307 g/mol. The van der Waals surface area contributed by atoms with E-state index in [2.05, 4.69) is 22.6 Å². The Hall–Kier alpha value is -0.330. The van der Waals surface area contributed by atoms with Gasteiger partial charge in [-0.05, 0) is 40.3 Å². The number of methoxy groups -OCH3 is 2. The van der Waals surface area contributed by atoms with E-state index in [-0.39, 0.29) is 6.10 Å². The highest BCUT2D eigenvalue weighted by Gasteiger charge is 2.10. The molecule has 0 aliphatic carbocycles. The Bertz CT molecular complexity index is 300. The van der Waals surface area contributed by atoms with Crippen molar-refractivity contribution in [1.82, 2.24) is 0 Å². The fraction of sp³-hybridized carbons (Fsp3) is 0.400. The summed E-state index contributed by atoms with van der Waals surface area (Å²) in [7, 11) is 3.31. The first-order chi connectivity index (χ1) is 6.72. The summed E-state index contributed by atoms with van der Waals surface area (Å²) in [4.78, 5) is 0. The third-order valence-corrected chi connectivity index (χ3v) is 2.94. The van der Waals surface area contributed by atoms with Gasteiger partial charge < -0.3 is 15.2 Å². The van der Waals surface area contributed by atoms with Crippen LogP contribution in [0.4, 0.5) is 0 Å². The lowest BCUT2D eigenvalue weighted by molar-refractivity contribution is 0.110. The predicted molar refractivity (Wildman–Crippen MR) is 64.5 cm³/mol. The second kappa shape index (κ2) is 5.53. The van der Waals surface area contributed by atoms with Crippen LogP contribution in [-0.2, 0) is 4.74 Å². The molecule has 0 fully saturated rings. The highest BCUT2D eigenvalue weighted by atomic mass is 127. The molecule has 0 saturated carbocycles. The molecule has 0 aromatic heterocycles. The Morgan fingerprint density at radius 2 is 2.14 bits per heavy atom. The zero-order chi connectivity index (χ0) is 10.6. The van der Waals surface area contributed by atoms with Crippen LogP contribution in [0.5, 0.6) is 5.75 Å². The van der Waals surface area contributed by atoms with Gasteiger partial charge in [-0.25, -0.2) is 0 Å². The van der Waals surface area contributed by atoms with Crippen molar-refractivity contribution in [1.29, 1.82) is 0 Å². The summed E-state index contributed by atoms with van der Waals surface area (Å²) in [5.41, 5.74) is 6.63. The SMILES string of the molecule is COc1cc(C(CN)OC)ccc1I. The van der Waals surface area contributed by atoms with Gasteiger partial charge in [-0.3, -0.25) is 0 Å². The van der Waals surface area contributed by atoms with Gasteiger partial charge in [-0.2, -0.15) is 0 Å². The zero-order valence-electron chi connectivity index (χ0n) is 8.29. The van der Waals surface area contributed by atoms with Crippen molar-refractivity contribution in [2.45, 2.75) is 6.10 Å². The molecule has 3 nitrogen and oxygen atoms in total. The van der Waals surface area contributed by atoms with Gasteiger partial charge in [0.25, 0.3) is 0 Å². The first-order valence-electron chi connectivity index (χ1n) is 4.29. The predicted octanol–water partition coefficient (Wildman–Crippen LogP) is 1.95. The van der Waals surface area contributed by atoms with E-state index in [9.17, 15) is 0 Å². The Labute approximate surface area is 97.7 Å². The minimum absolute atomic E-state index is 0.0547. The largest absolute Gasteiger partial charge is 0.496 e. The van der Waals surface area contributed by atoms with Crippen LogP contribution in [0.3, 0.4) is 0 Å². The van der Waals surface area contributed by atoms with Crippen molar-refractivity contribution in [3.63, 3.8) is 0 Å². The number of hydrogen-bond acceptors (Lipinski definition) is 3. The van der Waals surface area contributed by atoms with Crippen molar-refractivity contribution < 1.29 is 9.47 Å². The van der Waals surface area contributed by atoms with Gasteiger partial charge in [0.05, 0.1) is 16.8 Å². The molecule has 1 aromatic rings. The van der Waals surface area contributed by atoms with E-state index in [1.165, 1.54) is 0 Å². The number of ether oxygens (including phenoxy) is 2. The standard InChI is InChI=1S/C10H14INO2/c1-13-9-5-7(3-4-8(9)11)10(6-12)14-2/h3-5,10H,6,12H2,1-2H3. The molecule has 0 amide bonds. The normalized spacial score (nSPS) is 12.6. The second-order valence-electron chi connectivity index (χ2n) is 2.85. The minimum atomic E-state index is -0.0547. The number of hydrogen-bond donors (Lipinski definition) is 1. The molecular formula is C10H14INO2. The summed E-state index contributed by atoms with van der Waals surface area (Å²) in [6.07, 6.45) is -0.0547. The van der Waals surface area contributed by atoms with Gasteiger partial charge >= 0.3 is 0 Å². The summed E-state index contributed by atoms with van der Waals surface area (Å²) < 4.78 is 11.5. The highest BCUT2D eigenvalue weighted by molar-refractivity contribution is 14.1. The van der Waals surface area contributed by atoms with E-state index in [0.29, 0.717) is 6.54 Å². The molecule has 1 unspecified atom stereocenters. The Morgan fingerprint density at radius 1 is 1.43 bits per heavy atom. The molecule has 0 bridgehead atoms. The molecule has 0 aliphatic heterocycles. The van der Waals surface area contributed by atoms with E-state index in [4.69, 9.17) is 15.2 Å². The van der Waals surface area contributed by atoms with E-state index in [0.717, 1.165) is 14.9 Å². The molecule has 0 aliphatic rings. The first-order valence-corrected chi connectivity index (χ1v) is 5.37. The number of nitrogens with two attached hydrogens (primary N) is 1.